The highest BCUT2D eigenvalue weighted by atomic mass is 79.9. The van der Waals surface area contributed by atoms with E-state index in [-0.39, 0.29) is 0 Å². The largest absolute Gasteiger partial charge is 0.488 e. The van der Waals surface area contributed by atoms with Crippen molar-refractivity contribution < 1.29 is 4.74 Å². The highest BCUT2D eigenvalue weighted by molar-refractivity contribution is 9.10. The van der Waals surface area contributed by atoms with E-state index in [9.17, 15) is 0 Å². The second-order valence-corrected chi connectivity index (χ2v) is 6.05. The third-order valence-corrected chi connectivity index (χ3v) is 4.30. The van der Waals surface area contributed by atoms with Gasteiger partial charge in [-0.25, -0.2) is 0 Å². The molecular weight excluding hydrogens is 314 g/mol. The minimum Gasteiger partial charge on any atom is -0.488 e. The minimum atomic E-state index is 0.590. The van der Waals surface area contributed by atoms with Crippen molar-refractivity contribution in [1.82, 2.24) is 0 Å². The van der Waals surface area contributed by atoms with Crippen LogP contribution in [0, 0.1) is 0 Å². The van der Waals surface area contributed by atoms with E-state index >= 15 is 0 Å². The zero-order chi connectivity index (χ0) is 13.8. The van der Waals surface area contributed by atoms with Crippen LogP contribution in [0.2, 0.25) is 0 Å². The molecule has 1 fully saturated rings. The van der Waals surface area contributed by atoms with Crippen molar-refractivity contribution in [3.8, 4) is 5.75 Å². The Bertz CT molecular complexity index is 566. The van der Waals surface area contributed by atoms with E-state index in [2.05, 4.69) is 45.5 Å². The van der Waals surface area contributed by atoms with Crippen LogP contribution >= 0.6 is 15.9 Å². The fourth-order valence-electron chi connectivity index (χ4n) is 2.23. The molecular formula is C17H18BrNO. The first-order valence-electron chi connectivity index (χ1n) is 7.04. The van der Waals surface area contributed by atoms with Crippen LogP contribution in [0.5, 0.6) is 5.75 Å². The van der Waals surface area contributed by atoms with Crippen molar-refractivity contribution in [1.29, 1.82) is 0 Å². The summed E-state index contributed by atoms with van der Waals surface area (Å²) in [6, 6.07) is 17.1. The average molecular weight is 332 g/mol. The van der Waals surface area contributed by atoms with Crippen molar-refractivity contribution in [2.24, 2.45) is 0 Å². The summed E-state index contributed by atoms with van der Waals surface area (Å²) >= 11 is 3.55. The Morgan fingerprint density at radius 2 is 1.90 bits per heavy atom. The van der Waals surface area contributed by atoms with E-state index in [4.69, 9.17) is 4.74 Å². The van der Waals surface area contributed by atoms with Gasteiger partial charge in [0, 0.05) is 17.8 Å². The van der Waals surface area contributed by atoms with E-state index in [1.54, 1.807) is 0 Å². The number of anilines is 1. The Morgan fingerprint density at radius 3 is 2.60 bits per heavy atom. The van der Waals surface area contributed by atoms with Crippen LogP contribution < -0.4 is 10.1 Å². The van der Waals surface area contributed by atoms with Gasteiger partial charge in [0.15, 0.2) is 0 Å². The lowest BCUT2D eigenvalue weighted by Gasteiger charge is -2.27. The maximum absolute atomic E-state index is 5.91. The van der Waals surface area contributed by atoms with Gasteiger partial charge in [-0.2, -0.15) is 0 Å². The molecule has 0 heterocycles. The Morgan fingerprint density at radius 1 is 1.10 bits per heavy atom. The summed E-state index contributed by atoms with van der Waals surface area (Å²) in [5, 5.41) is 3.54. The highest BCUT2D eigenvalue weighted by Gasteiger charge is 2.17. The first-order chi connectivity index (χ1) is 9.81. The van der Waals surface area contributed by atoms with Gasteiger partial charge in [-0.05, 0) is 52.9 Å². The SMILES string of the molecule is Brc1ccc(NC2CCC2)cc1OCc1ccccc1. The highest BCUT2D eigenvalue weighted by Crippen LogP contribution is 2.31. The number of ether oxygens (including phenoxy) is 1. The van der Waals surface area contributed by atoms with Crippen LogP contribution in [-0.4, -0.2) is 6.04 Å². The maximum atomic E-state index is 5.91. The van der Waals surface area contributed by atoms with Crippen LogP contribution in [0.4, 0.5) is 5.69 Å². The van der Waals surface area contributed by atoms with Gasteiger partial charge in [0.1, 0.15) is 12.4 Å². The first-order valence-corrected chi connectivity index (χ1v) is 7.83. The van der Waals surface area contributed by atoms with Gasteiger partial charge in [0.2, 0.25) is 0 Å². The van der Waals surface area contributed by atoms with Crippen molar-refractivity contribution in [3.05, 3.63) is 58.6 Å². The molecule has 0 atom stereocenters. The van der Waals surface area contributed by atoms with Gasteiger partial charge >= 0.3 is 0 Å². The number of nitrogens with one attached hydrogen (secondary N) is 1. The summed E-state index contributed by atoms with van der Waals surface area (Å²) in [5.74, 6) is 0.887. The lowest BCUT2D eigenvalue weighted by Crippen LogP contribution is -2.26. The molecule has 0 radical (unpaired) electrons. The van der Waals surface area contributed by atoms with Crippen molar-refractivity contribution >= 4 is 21.6 Å². The molecule has 1 saturated carbocycles. The summed E-state index contributed by atoms with van der Waals surface area (Å²) in [6.45, 7) is 0.590. The van der Waals surface area contributed by atoms with Gasteiger partial charge in [0.25, 0.3) is 0 Å². The van der Waals surface area contributed by atoms with Crippen LogP contribution in [0.1, 0.15) is 24.8 Å². The zero-order valence-electron chi connectivity index (χ0n) is 11.3. The maximum Gasteiger partial charge on any atom is 0.136 e. The van der Waals surface area contributed by atoms with Gasteiger partial charge in [-0.1, -0.05) is 30.3 Å². The lowest BCUT2D eigenvalue weighted by atomic mass is 9.93. The predicted octanol–water partition coefficient (Wildman–Crippen LogP) is 4.99. The van der Waals surface area contributed by atoms with Crippen LogP contribution in [0.15, 0.2) is 53.0 Å². The Balaban J connectivity index is 1.66. The topological polar surface area (TPSA) is 21.3 Å². The predicted molar refractivity (Wildman–Crippen MR) is 86.2 cm³/mol. The smallest absolute Gasteiger partial charge is 0.136 e. The molecule has 1 N–H and O–H groups in total. The van der Waals surface area contributed by atoms with Gasteiger partial charge in [-0.15, -0.1) is 0 Å². The fourth-order valence-corrected chi connectivity index (χ4v) is 2.59. The third-order valence-electron chi connectivity index (χ3n) is 3.64. The molecule has 3 heteroatoms. The number of rotatable bonds is 5. The van der Waals surface area contributed by atoms with Crippen molar-refractivity contribution in [3.63, 3.8) is 0 Å². The Kier molecular flexibility index (Phi) is 4.26. The summed E-state index contributed by atoms with van der Waals surface area (Å²) in [5.41, 5.74) is 2.32. The van der Waals surface area contributed by atoms with Crippen LogP contribution in [-0.2, 0) is 6.61 Å². The summed E-state index contributed by atoms with van der Waals surface area (Å²) in [7, 11) is 0. The van der Waals surface area contributed by atoms with E-state index in [1.165, 1.54) is 24.8 Å². The number of hydrogen-bond donors (Lipinski definition) is 1. The van der Waals surface area contributed by atoms with Gasteiger partial charge in [-0.3, -0.25) is 0 Å². The fraction of sp³-hybridized carbons (Fsp3) is 0.294. The summed E-state index contributed by atoms with van der Waals surface area (Å²) in [6.07, 6.45) is 3.89. The summed E-state index contributed by atoms with van der Waals surface area (Å²) < 4.78 is 6.90. The number of hydrogen-bond acceptors (Lipinski definition) is 2. The van der Waals surface area contributed by atoms with E-state index < -0.39 is 0 Å². The minimum absolute atomic E-state index is 0.590. The van der Waals surface area contributed by atoms with Crippen molar-refractivity contribution in [2.75, 3.05) is 5.32 Å². The van der Waals surface area contributed by atoms with Gasteiger partial charge in [0.05, 0.1) is 4.47 Å². The van der Waals surface area contributed by atoms with E-state index in [0.29, 0.717) is 12.6 Å². The molecule has 0 amide bonds. The Labute approximate surface area is 128 Å². The molecule has 0 saturated heterocycles. The molecule has 0 aliphatic heterocycles. The monoisotopic (exact) mass is 331 g/mol. The van der Waals surface area contributed by atoms with Crippen molar-refractivity contribution in [2.45, 2.75) is 31.9 Å². The van der Waals surface area contributed by atoms with Gasteiger partial charge < -0.3 is 10.1 Å². The quantitative estimate of drug-likeness (QED) is 0.833. The number of halogens is 1. The normalized spacial score (nSPS) is 14.7. The molecule has 0 unspecified atom stereocenters. The molecule has 1 aliphatic rings. The van der Waals surface area contributed by atoms with Crippen LogP contribution in [0.25, 0.3) is 0 Å². The second-order valence-electron chi connectivity index (χ2n) is 5.19. The standard InChI is InChI=1S/C17H18BrNO/c18-16-10-9-15(19-14-7-4-8-14)11-17(16)20-12-13-5-2-1-3-6-13/h1-3,5-6,9-11,14,19H,4,7-8,12H2. The van der Waals surface area contributed by atoms with E-state index in [1.807, 2.05) is 24.3 Å². The molecule has 0 aromatic heterocycles. The second kappa shape index (κ2) is 6.31. The molecule has 2 aromatic rings. The van der Waals surface area contributed by atoms with Crippen LogP contribution in [0.3, 0.4) is 0 Å². The number of benzene rings is 2. The Hall–Kier alpha value is -1.48. The molecule has 2 aromatic carbocycles. The molecule has 2 nitrogen and oxygen atoms in total. The summed E-state index contributed by atoms with van der Waals surface area (Å²) in [4.78, 5) is 0. The lowest BCUT2D eigenvalue weighted by molar-refractivity contribution is 0.304. The molecule has 20 heavy (non-hydrogen) atoms. The van der Waals surface area contributed by atoms with E-state index in [0.717, 1.165) is 15.9 Å². The molecule has 3 rings (SSSR count). The molecule has 0 bridgehead atoms. The third kappa shape index (κ3) is 3.34. The zero-order valence-corrected chi connectivity index (χ0v) is 12.9. The first kappa shape index (κ1) is 13.5. The molecule has 104 valence electrons. The molecule has 1 aliphatic carbocycles. The average Bonchev–Trinajstić information content (AvgIpc) is 2.44. The molecule has 0 spiro atoms.